The highest BCUT2D eigenvalue weighted by Gasteiger charge is 2.62. The van der Waals surface area contributed by atoms with Crippen molar-refractivity contribution in [3.05, 3.63) is 70.6 Å². The fourth-order valence-electron chi connectivity index (χ4n) is 14.9. The maximum Gasteiger partial charge on any atom is 0.302 e. The van der Waals surface area contributed by atoms with E-state index in [1.165, 1.54) is 50.5 Å². The Labute approximate surface area is 312 Å². The third kappa shape index (κ3) is 5.09. The van der Waals surface area contributed by atoms with Gasteiger partial charge in [-0.05, 0) is 163 Å². The minimum absolute atomic E-state index is 0.0434. The minimum atomic E-state index is -0.142. The van der Waals surface area contributed by atoms with Gasteiger partial charge in [0.1, 0.15) is 12.2 Å². The Morgan fingerprint density at radius 1 is 0.654 bits per heavy atom. The molecule has 0 aromatic carbocycles. The quantitative estimate of drug-likeness (QED) is 0.231. The summed E-state index contributed by atoms with van der Waals surface area (Å²) in [4.78, 5) is 28.4. The number of hydrogen-bond donors (Lipinski definition) is 0. The maximum absolute atomic E-state index is 11.8. The number of pyridine rings is 1. The third-order valence-electron chi connectivity index (χ3n) is 17.3. The van der Waals surface area contributed by atoms with Crippen molar-refractivity contribution in [3.63, 3.8) is 0 Å². The number of allylic oxidation sites excluding steroid dienone is 6. The minimum Gasteiger partial charge on any atom is -0.462 e. The summed E-state index contributed by atoms with van der Waals surface area (Å²) in [6, 6.07) is 4.51. The van der Waals surface area contributed by atoms with Gasteiger partial charge in [0.05, 0.1) is 0 Å². The second kappa shape index (κ2) is 12.3. The van der Waals surface area contributed by atoms with Crippen molar-refractivity contribution in [2.24, 2.45) is 57.2 Å². The van der Waals surface area contributed by atoms with Crippen molar-refractivity contribution >= 4 is 17.5 Å². The van der Waals surface area contributed by atoms with Crippen LogP contribution in [-0.2, 0) is 19.1 Å². The number of carbonyl (C=O) groups is 2. The molecule has 278 valence electrons. The molecule has 1 heterocycles. The van der Waals surface area contributed by atoms with Crippen LogP contribution in [0.3, 0.4) is 0 Å². The number of fused-ring (bicyclic) bond motifs is 10. The topological polar surface area (TPSA) is 65.5 Å². The Morgan fingerprint density at radius 2 is 1.21 bits per heavy atom. The highest BCUT2D eigenvalue weighted by Crippen LogP contribution is 2.72. The molecule has 8 aliphatic rings. The van der Waals surface area contributed by atoms with Crippen LogP contribution in [0.15, 0.2) is 65.0 Å². The Kier molecular flexibility index (Phi) is 8.22. The van der Waals surface area contributed by atoms with Gasteiger partial charge in [0.25, 0.3) is 0 Å². The second-order valence-electron chi connectivity index (χ2n) is 19.5. The number of aromatic nitrogens is 1. The predicted octanol–water partition coefficient (Wildman–Crippen LogP) is 10.8. The summed E-state index contributed by atoms with van der Waals surface area (Å²) in [6.45, 7) is 13.5. The van der Waals surface area contributed by atoms with Crippen molar-refractivity contribution < 1.29 is 19.1 Å². The number of rotatable bonds is 4. The van der Waals surface area contributed by atoms with E-state index in [1.807, 2.05) is 6.20 Å². The Hall–Kier alpha value is -2.95. The second-order valence-corrected chi connectivity index (χ2v) is 19.5. The number of hydrogen-bond acceptors (Lipinski definition) is 5. The monoisotopic (exact) mass is 703 g/mol. The summed E-state index contributed by atoms with van der Waals surface area (Å²) >= 11 is 0. The van der Waals surface area contributed by atoms with Crippen LogP contribution < -0.4 is 0 Å². The summed E-state index contributed by atoms with van der Waals surface area (Å²) in [5, 5.41) is 0. The average Bonchev–Trinajstić information content (AvgIpc) is 3.62. The summed E-state index contributed by atoms with van der Waals surface area (Å²) in [7, 11) is 0. The number of carbonyl (C=O) groups excluding carboxylic acids is 2. The zero-order valence-electron chi connectivity index (χ0n) is 32.6. The molecule has 52 heavy (non-hydrogen) atoms. The molecule has 12 atom stereocenters. The normalized spacial score (nSPS) is 44.8. The fraction of sp³-hybridized carbons (Fsp3) is 0.681. The van der Waals surface area contributed by atoms with Crippen LogP contribution in [0.1, 0.15) is 137 Å². The first-order chi connectivity index (χ1) is 24.8. The standard InChI is InChI=1S/C47H61NO4/c1-28(49)51-33-15-19-44(3)31(24-33)9-11-35-38-13-14-39(46(38,5)21-17-40(35)44)37-26-42-36-12-10-32-25-34(52-29(2)50)16-20-45(32,4)41(36)18-22-47(42,6)43(37)30-8-7-23-48-27-30/h7-10,14,23,27,33-36,38,40-42H,11-13,15-22,24-26H2,1-6H3/t33-,34+,35?,36?,38?,40?,41?,42?,44-,45+,46-,47+/m1/s1. The van der Waals surface area contributed by atoms with Gasteiger partial charge in [-0.15, -0.1) is 0 Å². The van der Waals surface area contributed by atoms with E-state index in [0.717, 1.165) is 44.9 Å². The number of nitrogens with zero attached hydrogens (tertiary/aromatic N) is 1. The molecule has 8 aliphatic carbocycles. The Balaban J connectivity index is 1.03. The van der Waals surface area contributed by atoms with Crippen molar-refractivity contribution in [1.29, 1.82) is 0 Å². The Bertz CT molecular complexity index is 1790. The highest BCUT2D eigenvalue weighted by molar-refractivity contribution is 5.80. The lowest BCUT2D eigenvalue weighted by molar-refractivity contribution is -0.149. The summed E-state index contributed by atoms with van der Waals surface area (Å²) in [6.07, 6.45) is 28.0. The highest BCUT2D eigenvalue weighted by atomic mass is 16.5. The van der Waals surface area contributed by atoms with E-state index in [0.29, 0.717) is 35.5 Å². The van der Waals surface area contributed by atoms with Gasteiger partial charge in [0.2, 0.25) is 0 Å². The summed E-state index contributed by atoms with van der Waals surface area (Å²) in [5.74, 6) is 3.81. The van der Waals surface area contributed by atoms with Crippen molar-refractivity contribution in [2.75, 3.05) is 0 Å². The lowest BCUT2D eigenvalue weighted by Crippen LogP contribution is -2.50. The first-order valence-electron chi connectivity index (χ1n) is 20.9. The van der Waals surface area contributed by atoms with E-state index in [4.69, 9.17) is 14.5 Å². The Morgan fingerprint density at radius 3 is 1.77 bits per heavy atom. The molecule has 5 heteroatoms. The summed E-state index contributed by atoms with van der Waals surface area (Å²) < 4.78 is 11.5. The molecule has 0 amide bonds. The smallest absolute Gasteiger partial charge is 0.302 e. The van der Waals surface area contributed by atoms with Gasteiger partial charge in [-0.25, -0.2) is 0 Å². The van der Waals surface area contributed by atoms with Crippen LogP contribution in [0.2, 0.25) is 0 Å². The zero-order chi connectivity index (χ0) is 36.2. The molecule has 1 aromatic heterocycles. The molecular formula is C47H61NO4. The number of esters is 2. The van der Waals surface area contributed by atoms with Gasteiger partial charge in [-0.2, -0.15) is 0 Å². The van der Waals surface area contributed by atoms with E-state index < -0.39 is 0 Å². The fourth-order valence-corrected chi connectivity index (χ4v) is 14.9. The molecule has 0 spiro atoms. The van der Waals surface area contributed by atoms with Crippen LogP contribution in [0, 0.1) is 57.2 Å². The molecule has 1 aromatic rings. The lowest BCUT2D eigenvalue weighted by Gasteiger charge is -2.58. The zero-order valence-corrected chi connectivity index (χ0v) is 32.6. The molecule has 9 rings (SSSR count). The molecule has 4 saturated carbocycles. The molecule has 6 unspecified atom stereocenters. The van der Waals surface area contributed by atoms with Gasteiger partial charge in [-0.3, -0.25) is 14.6 Å². The molecule has 0 aliphatic heterocycles. The van der Waals surface area contributed by atoms with Gasteiger partial charge >= 0.3 is 11.9 Å². The largest absolute Gasteiger partial charge is 0.462 e. The van der Waals surface area contributed by atoms with Crippen molar-refractivity contribution in [2.45, 2.75) is 144 Å². The molecule has 0 bridgehead atoms. The molecule has 0 saturated heterocycles. The SMILES string of the molecule is CC(=O)O[C@@H]1CC[C@]2(C)C(=CCC3C4CC=C(C5=C(c6cccnc6)[C@@]6(C)CCC7C(CC=C8C[C@@H](OC(C)=O)CC[C@@]87C)C6C5)[C@]4(C)CCC32)C1. The maximum atomic E-state index is 11.8. The van der Waals surface area contributed by atoms with Crippen LogP contribution in [-0.4, -0.2) is 29.1 Å². The average molecular weight is 704 g/mol. The molecule has 0 radical (unpaired) electrons. The van der Waals surface area contributed by atoms with Gasteiger partial charge in [0, 0.05) is 39.1 Å². The van der Waals surface area contributed by atoms with Gasteiger partial charge < -0.3 is 9.47 Å². The summed E-state index contributed by atoms with van der Waals surface area (Å²) in [5.41, 5.74) is 10.3. The first-order valence-corrected chi connectivity index (χ1v) is 20.9. The van der Waals surface area contributed by atoms with Crippen molar-refractivity contribution in [1.82, 2.24) is 4.98 Å². The van der Waals surface area contributed by atoms with E-state index in [2.05, 4.69) is 64.3 Å². The molecule has 5 nitrogen and oxygen atoms in total. The van der Waals surface area contributed by atoms with Crippen molar-refractivity contribution in [3.8, 4) is 0 Å². The van der Waals surface area contributed by atoms with Crippen LogP contribution in [0.4, 0.5) is 0 Å². The van der Waals surface area contributed by atoms with E-state index in [9.17, 15) is 9.59 Å². The van der Waals surface area contributed by atoms with Crippen LogP contribution in [0.5, 0.6) is 0 Å². The number of ether oxygens (including phenoxy) is 2. The van der Waals surface area contributed by atoms with Crippen LogP contribution >= 0.6 is 0 Å². The first kappa shape index (κ1) is 34.8. The van der Waals surface area contributed by atoms with Gasteiger partial charge in [-0.1, -0.05) is 63.1 Å². The molecular weight excluding hydrogens is 643 g/mol. The van der Waals surface area contributed by atoms with E-state index in [-0.39, 0.29) is 45.8 Å². The molecule has 0 N–H and O–H groups in total. The predicted molar refractivity (Wildman–Crippen MR) is 205 cm³/mol. The lowest BCUT2D eigenvalue weighted by atomic mass is 9.47. The molecule has 4 fully saturated rings. The van der Waals surface area contributed by atoms with Gasteiger partial charge in [0.15, 0.2) is 0 Å². The van der Waals surface area contributed by atoms with Crippen LogP contribution in [0.25, 0.3) is 5.57 Å². The van der Waals surface area contributed by atoms with E-state index >= 15 is 0 Å². The van der Waals surface area contributed by atoms with E-state index in [1.54, 1.807) is 41.7 Å². The third-order valence-corrected chi connectivity index (χ3v) is 17.3.